The van der Waals surface area contributed by atoms with Crippen molar-refractivity contribution in [3.8, 4) is 0 Å². The number of fused-ring (bicyclic) bond motifs is 1. The molecule has 0 bridgehead atoms. The number of rotatable bonds is 3. The van der Waals surface area contributed by atoms with E-state index in [9.17, 15) is 4.79 Å². The Hall–Kier alpha value is -2.53. The first-order valence-corrected chi connectivity index (χ1v) is 6.68. The SMILES string of the molecule is CNC(c1ccccc1)c1cc2cnc(C)nc2oc1=O. The van der Waals surface area contributed by atoms with Crippen molar-refractivity contribution >= 4 is 11.1 Å². The number of hydrogen-bond acceptors (Lipinski definition) is 5. The molecule has 0 spiro atoms. The van der Waals surface area contributed by atoms with Crippen molar-refractivity contribution in [1.29, 1.82) is 0 Å². The molecule has 5 nitrogen and oxygen atoms in total. The molecular weight excluding hydrogens is 266 g/mol. The summed E-state index contributed by atoms with van der Waals surface area (Å²) in [5.74, 6) is 0.576. The van der Waals surface area contributed by atoms with Gasteiger partial charge in [0.05, 0.1) is 17.0 Å². The van der Waals surface area contributed by atoms with E-state index in [-0.39, 0.29) is 11.7 Å². The van der Waals surface area contributed by atoms with Gasteiger partial charge in [0.2, 0.25) is 5.71 Å². The lowest BCUT2D eigenvalue weighted by Gasteiger charge is -2.15. The average molecular weight is 281 g/mol. The molecule has 0 aliphatic rings. The van der Waals surface area contributed by atoms with Crippen molar-refractivity contribution in [2.24, 2.45) is 0 Å². The van der Waals surface area contributed by atoms with Gasteiger partial charge in [-0.2, -0.15) is 4.98 Å². The number of nitrogens with zero attached hydrogens (tertiary/aromatic N) is 2. The molecule has 21 heavy (non-hydrogen) atoms. The predicted octanol–water partition coefficient (Wildman–Crippen LogP) is 2.20. The summed E-state index contributed by atoms with van der Waals surface area (Å²) in [4.78, 5) is 20.5. The molecule has 3 rings (SSSR count). The Balaban J connectivity index is 2.17. The van der Waals surface area contributed by atoms with Gasteiger partial charge < -0.3 is 9.73 Å². The monoisotopic (exact) mass is 281 g/mol. The molecule has 2 heterocycles. The van der Waals surface area contributed by atoms with E-state index in [2.05, 4.69) is 15.3 Å². The van der Waals surface area contributed by atoms with Gasteiger partial charge in [0.15, 0.2) is 0 Å². The molecule has 0 aliphatic heterocycles. The van der Waals surface area contributed by atoms with Gasteiger partial charge in [0.25, 0.3) is 0 Å². The molecule has 5 heteroatoms. The lowest BCUT2D eigenvalue weighted by atomic mass is 10.00. The van der Waals surface area contributed by atoms with E-state index in [1.165, 1.54) is 0 Å². The van der Waals surface area contributed by atoms with Crippen LogP contribution in [0.5, 0.6) is 0 Å². The van der Waals surface area contributed by atoms with E-state index >= 15 is 0 Å². The van der Waals surface area contributed by atoms with Crippen LogP contribution in [0.3, 0.4) is 0 Å². The minimum atomic E-state index is -0.385. The van der Waals surface area contributed by atoms with Crippen LogP contribution in [-0.4, -0.2) is 17.0 Å². The Kier molecular flexibility index (Phi) is 3.50. The summed E-state index contributed by atoms with van der Waals surface area (Å²) in [6.07, 6.45) is 1.67. The third-order valence-electron chi connectivity index (χ3n) is 3.37. The zero-order valence-corrected chi connectivity index (χ0v) is 11.8. The molecule has 0 amide bonds. The summed E-state index contributed by atoms with van der Waals surface area (Å²) >= 11 is 0. The van der Waals surface area contributed by atoms with Gasteiger partial charge in [-0.25, -0.2) is 9.78 Å². The van der Waals surface area contributed by atoms with E-state index < -0.39 is 0 Å². The van der Waals surface area contributed by atoms with Gasteiger partial charge in [-0.15, -0.1) is 0 Å². The summed E-state index contributed by atoms with van der Waals surface area (Å²) < 4.78 is 5.33. The lowest BCUT2D eigenvalue weighted by Crippen LogP contribution is -2.24. The van der Waals surface area contributed by atoms with E-state index in [0.29, 0.717) is 22.5 Å². The molecule has 0 saturated carbocycles. The quantitative estimate of drug-likeness (QED) is 0.797. The third kappa shape index (κ3) is 2.55. The van der Waals surface area contributed by atoms with Gasteiger partial charge in [-0.05, 0) is 25.6 Å². The molecule has 0 radical (unpaired) electrons. The fourth-order valence-electron chi connectivity index (χ4n) is 2.36. The van der Waals surface area contributed by atoms with E-state index in [4.69, 9.17) is 4.42 Å². The maximum absolute atomic E-state index is 12.3. The molecule has 1 atom stereocenters. The molecule has 0 aliphatic carbocycles. The number of nitrogens with one attached hydrogen (secondary N) is 1. The average Bonchev–Trinajstić information content (AvgIpc) is 2.50. The highest BCUT2D eigenvalue weighted by molar-refractivity contribution is 5.72. The summed E-state index contributed by atoms with van der Waals surface area (Å²) in [5, 5.41) is 3.86. The minimum Gasteiger partial charge on any atom is -0.403 e. The van der Waals surface area contributed by atoms with E-state index in [1.807, 2.05) is 37.4 Å². The van der Waals surface area contributed by atoms with Crippen LogP contribution in [0.15, 0.2) is 51.8 Å². The molecule has 2 aromatic heterocycles. The third-order valence-corrected chi connectivity index (χ3v) is 3.37. The van der Waals surface area contributed by atoms with E-state index in [0.717, 1.165) is 5.56 Å². The van der Waals surface area contributed by atoms with Gasteiger partial charge in [0, 0.05) is 6.20 Å². The van der Waals surface area contributed by atoms with Crippen LogP contribution in [0.1, 0.15) is 23.0 Å². The number of aryl methyl sites for hydroxylation is 1. The molecule has 3 aromatic rings. The van der Waals surface area contributed by atoms with Crippen molar-refractivity contribution in [2.75, 3.05) is 7.05 Å². The summed E-state index contributed by atoms with van der Waals surface area (Å²) in [5.41, 5.74) is 1.48. The summed E-state index contributed by atoms with van der Waals surface area (Å²) in [6, 6.07) is 11.3. The highest BCUT2D eigenvalue weighted by Crippen LogP contribution is 2.21. The molecule has 106 valence electrons. The fraction of sp³-hybridized carbons (Fsp3) is 0.188. The van der Waals surface area contributed by atoms with Crippen LogP contribution in [0.4, 0.5) is 0 Å². The molecule has 1 N–H and O–H groups in total. The molecule has 0 saturated heterocycles. The van der Waals surface area contributed by atoms with Crippen LogP contribution in [-0.2, 0) is 0 Å². The van der Waals surface area contributed by atoms with Gasteiger partial charge in [-0.1, -0.05) is 30.3 Å². The molecule has 1 aromatic carbocycles. The lowest BCUT2D eigenvalue weighted by molar-refractivity contribution is 0.523. The van der Waals surface area contributed by atoms with Gasteiger partial charge in [0.1, 0.15) is 5.82 Å². The highest BCUT2D eigenvalue weighted by atomic mass is 16.4. The predicted molar refractivity (Wildman–Crippen MR) is 80.2 cm³/mol. The van der Waals surface area contributed by atoms with Crippen LogP contribution in [0.2, 0.25) is 0 Å². The molecular formula is C16H15N3O2. The zero-order chi connectivity index (χ0) is 14.8. The summed E-state index contributed by atoms with van der Waals surface area (Å²) in [7, 11) is 1.81. The number of hydrogen-bond donors (Lipinski definition) is 1. The second kappa shape index (κ2) is 5.46. The second-order valence-corrected chi connectivity index (χ2v) is 4.80. The topological polar surface area (TPSA) is 68.0 Å². The number of benzene rings is 1. The maximum Gasteiger partial charge on any atom is 0.342 e. The molecule has 1 unspecified atom stereocenters. The van der Waals surface area contributed by atoms with Gasteiger partial charge >= 0.3 is 5.63 Å². The maximum atomic E-state index is 12.3. The van der Waals surface area contributed by atoms with Crippen LogP contribution >= 0.6 is 0 Å². The first-order chi connectivity index (χ1) is 10.2. The first-order valence-electron chi connectivity index (χ1n) is 6.68. The van der Waals surface area contributed by atoms with Crippen LogP contribution < -0.4 is 10.9 Å². The van der Waals surface area contributed by atoms with Gasteiger partial charge in [-0.3, -0.25) is 0 Å². The fourth-order valence-corrected chi connectivity index (χ4v) is 2.36. The smallest absolute Gasteiger partial charge is 0.342 e. The van der Waals surface area contributed by atoms with Crippen molar-refractivity contribution in [3.05, 3.63) is 70.0 Å². The molecule has 0 fully saturated rings. The second-order valence-electron chi connectivity index (χ2n) is 4.80. The van der Waals surface area contributed by atoms with Crippen LogP contribution in [0.25, 0.3) is 11.1 Å². The first kappa shape index (κ1) is 13.5. The number of aromatic nitrogens is 2. The zero-order valence-electron chi connectivity index (χ0n) is 11.8. The Morgan fingerprint density at radius 3 is 2.71 bits per heavy atom. The Labute approximate surface area is 121 Å². The van der Waals surface area contributed by atoms with Crippen molar-refractivity contribution in [1.82, 2.24) is 15.3 Å². The highest BCUT2D eigenvalue weighted by Gasteiger charge is 2.17. The van der Waals surface area contributed by atoms with Crippen molar-refractivity contribution in [2.45, 2.75) is 13.0 Å². The summed E-state index contributed by atoms with van der Waals surface area (Å²) in [6.45, 7) is 1.76. The Morgan fingerprint density at radius 2 is 2.00 bits per heavy atom. The standard InChI is InChI=1S/C16H15N3O2/c1-10-18-9-12-8-13(16(20)21-15(12)19-10)14(17-2)11-6-4-3-5-7-11/h3-9,14,17H,1-2H3. The van der Waals surface area contributed by atoms with Crippen molar-refractivity contribution in [3.63, 3.8) is 0 Å². The van der Waals surface area contributed by atoms with Crippen molar-refractivity contribution < 1.29 is 4.42 Å². The van der Waals surface area contributed by atoms with E-state index in [1.54, 1.807) is 19.2 Å². The van der Waals surface area contributed by atoms with Crippen LogP contribution in [0, 0.1) is 6.92 Å². The Morgan fingerprint density at radius 1 is 1.24 bits per heavy atom. The Bertz CT molecular complexity index is 828. The normalized spacial score (nSPS) is 12.5. The minimum absolute atomic E-state index is 0.229. The largest absolute Gasteiger partial charge is 0.403 e.